The van der Waals surface area contributed by atoms with Crippen molar-refractivity contribution in [3.05, 3.63) is 54.2 Å². The number of imidazole rings is 1. The number of aromatic amines is 1. The number of nitrogen functional groups attached to an aromatic ring is 1. The topological polar surface area (TPSA) is 108 Å². The van der Waals surface area contributed by atoms with Crippen LogP contribution in [-0.4, -0.2) is 62.7 Å². The molecule has 2 amide bonds. The first-order valence-corrected chi connectivity index (χ1v) is 10.2. The van der Waals surface area contributed by atoms with Gasteiger partial charge in [0.15, 0.2) is 0 Å². The Balaban J connectivity index is 1.44. The smallest absolute Gasteiger partial charge is 0.254 e. The summed E-state index contributed by atoms with van der Waals surface area (Å²) >= 11 is 0. The zero-order valence-corrected chi connectivity index (χ0v) is 17.1. The highest BCUT2D eigenvalue weighted by atomic mass is 16.2. The molecule has 0 bridgehead atoms. The van der Waals surface area contributed by atoms with E-state index in [2.05, 4.69) is 15.0 Å². The molecule has 0 atom stereocenters. The highest BCUT2D eigenvalue weighted by Crippen LogP contribution is 2.30. The molecule has 1 fully saturated rings. The maximum atomic E-state index is 13.0. The number of nitrogens with zero attached hydrogens (tertiary/aromatic N) is 4. The van der Waals surface area contributed by atoms with E-state index in [1.54, 1.807) is 35.1 Å². The third-order valence-corrected chi connectivity index (χ3v) is 5.81. The quantitative estimate of drug-likeness (QED) is 0.524. The number of H-pyrrole nitrogens is 1. The largest absolute Gasteiger partial charge is 0.398 e. The number of piperazine rings is 1. The van der Waals surface area contributed by atoms with Gasteiger partial charge in [0.1, 0.15) is 5.82 Å². The number of benzene rings is 2. The van der Waals surface area contributed by atoms with Crippen molar-refractivity contribution in [2.24, 2.45) is 0 Å². The Morgan fingerprint density at radius 2 is 1.74 bits per heavy atom. The number of hydrogen-bond acceptors (Lipinski definition) is 5. The standard InChI is InChI=1S/C23H22N6O2/c1-14(30)28-8-10-29(11-9-28)23(31)15-6-7-19-20(12-15)27-22(26-19)17-13-25-18-5-3-2-4-16(18)21(17)24/h2-7,12-13H,8-11H2,1H3,(H2,24,25)(H,26,27). The van der Waals surface area contributed by atoms with Gasteiger partial charge >= 0.3 is 0 Å². The summed E-state index contributed by atoms with van der Waals surface area (Å²) < 4.78 is 0. The predicted octanol–water partition coefficient (Wildman–Crippen LogP) is 2.66. The summed E-state index contributed by atoms with van der Waals surface area (Å²) in [6.07, 6.45) is 1.72. The lowest BCUT2D eigenvalue weighted by molar-refractivity contribution is -0.130. The highest BCUT2D eigenvalue weighted by molar-refractivity contribution is 6.00. The minimum absolute atomic E-state index is 0.0417. The lowest BCUT2D eigenvalue weighted by Gasteiger charge is -2.34. The summed E-state index contributed by atoms with van der Waals surface area (Å²) in [6, 6.07) is 13.2. The zero-order valence-electron chi connectivity index (χ0n) is 17.1. The molecule has 1 aliphatic rings. The lowest BCUT2D eigenvalue weighted by atomic mass is 10.1. The number of aromatic nitrogens is 3. The van der Waals surface area contributed by atoms with E-state index in [1.165, 1.54) is 0 Å². The number of nitrogens with one attached hydrogen (secondary N) is 1. The SMILES string of the molecule is CC(=O)N1CCN(C(=O)c2ccc3[nH]c(-c4cnc5ccccc5c4N)nc3c2)CC1. The normalized spacial score (nSPS) is 14.4. The number of nitrogens with two attached hydrogens (primary N) is 1. The molecular weight excluding hydrogens is 392 g/mol. The average molecular weight is 414 g/mol. The molecule has 156 valence electrons. The Morgan fingerprint density at radius 3 is 2.52 bits per heavy atom. The molecule has 1 saturated heterocycles. The van der Waals surface area contributed by atoms with E-state index >= 15 is 0 Å². The van der Waals surface area contributed by atoms with Gasteiger partial charge in [-0.1, -0.05) is 18.2 Å². The van der Waals surface area contributed by atoms with Gasteiger partial charge in [0.25, 0.3) is 5.91 Å². The second kappa shape index (κ2) is 7.39. The second-order valence-corrected chi connectivity index (χ2v) is 7.72. The monoisotopic (exact) mass is 414 g/mol. The molecule has 0 unspecified atom stereocenters. The fourth-order valence-electron chi connectivity index (χ4n) is 4.02. The minimum atomic E-state index is -0.0541. The van der Waals surface area contributed by atoms with E-state index in [4.69, 9.17) is 5.73 Å². The van der Waals surface area contributed by atoms with Crippen LogP contribution in [0.4, 0.5) is 5.69 Å². The molecular formula is C23H22N6O2. The number of carbonyl (C=O) groups is 2. The molecule has 3 N–H and O–H groups in total. The molecule has 4 aromatic rings. The summed E-state index contributed by atoms with van der Waals surface area (Å²) in [7, 11) is 0. The first-order chi connectivity index (χ1) is 15.0. The van der Waals surface area contributed by atoms with E-state index < -0.39 is 0 Å². The van der Waals surface area contributed by atoms with E-state index in [0.717, 1.165) is 22.0 Å². The number of anilines is 1. The Kier molecular flexibility index (Phi) is 4.54. The van der Waals surface area contributed by atoms with Crippen molar-refractivity contribution in [3.63, 3.8) is 0 Å². The number of rotatable bonds is 2. The van der Waals surface area contributed by atoms with Crippen LogP contribution in [-0.2, 0) is 4.79 Å². The van der Waals surface area contributed by atoms with E-state index in [-0.39, 0.29) is 11.8 Å². The van der Waals surface area contributed by atoms with Crippen molar-refractivity contribution in [1.29, 1.82) is 0 Å². The molecule has 2 aromatic heterocycles. The third kappa shape index (κ3) is 3.35. The maximum absolute atomic E-state index is 13.0. The van der Waals surface area contributed by atoms with Crippen LogP contribution >= 0.6 is 0 Å². The summed E-state index contributed by atoms with van der Waals surface area (Å²) in [5.74, 6) is 0.604. The predicted molar refractivity (Wildman–Crippen MR) is 119 cm³/mol. The van der Waals surface area contributed by atoms with Crippen molar-refractivity contribution in [3.8, 4) is 11.4 Å². The highest BCUT2D eigenvalue weighted by Gasteiger charge is 2.23. The van der Waals surface area contributed by atoms with Crippen LogP contribution in [0.2, 0.25) is 0 Å². The lowest BCUT2D eigenvalue weighted by Crippen LogP contribution is -2.50. The molecule has 5 rings (SSSR count). The van der Waals surface area contributed by atoms with Crippen molar-refractivity contribution >= 4 is 39.4 Å². The van der Waals surface area contributed by atoms with E-state index in [9.17, 15) is 9.59 Å². The number of carbonyl (C=O) groups excluding carboxylic acids is 2. The molecule has 0 saturated carbocycles. The molecule has 3 heterocycles. The van der Waals surface area contributed by atoms with Crippen LogP contribution in [0.3, 0.4) is 0 Å². The number of pyridine rings is 1. The fourth-order valence-corrected chi connectivity index (χ4v) is 4.02. The van der Waals surface area contributed by atoms with Crippen LogP contribution < -0.4 is 5.73 Å². The second-order valence-electron chi connectivity index (χ2n) is 7.72. The summed E-state index contributed by atoms with van der Waals surface area (Å²) in [4.78, 5) is 40.4. The van der Waals surface area contributed by atoms with Gasteiger partial charge in [0.05, 0.1) is 27.8 Å². The number of amides is 2. The van der Waals surface area contributed by atoms with E-state index in [0.29, 0.717) is 48.8 Å². The minimum Gasteiger partial charge on any atom is -0.398 e. The van der Waals surface area contributed by atoms with Gasteiger partial charge in [0.2, 0.25) is 5.91 Å². The van der Waals surface area contributed by atoms with Gasteiger partial charge in [-0.25, -0.2) is 4.98 Å². The number of hydrogen-bond donors (Lipinski definition) is 2. The molecule has 8 nitrogen and oxygen atoms in total. The Morgan fingerprint density at radius 1 is 1.00 bits per heavy atom. The summed E-state index contributed by atoms with van der Waals surface area (Å²) in [5, 5.41) is 0.876. The van der Waals surface area contributed by atoms with Crippen molar-refractivity contribution in [2.45, 2.75) is 6.92 Å². The fraction of sp³-hybridized carbons (Fsp3) is 0.217. The Hall–Kier alpha value is -3.94. The van der Waals surface area contributed by atoms with Crippen molar-refractivity contribution in [2.75, 3.05) is 31.9 Å². The zero-order chi connectivity index (χ0) is 21.5. The number of fused-ring (bicyclic) bond motifs is 2. The molecule has 2 aromatic carbocycles. The Bertz CT molecular complexity index is 1320. The molecule has 0 aliphatic carbocycles. The molecule has 1 aliphatic heterocycles. The first-order valence-electron chi connectivity index (χ1n) is 10.2. The first kappa shape index (κ1) is 19.0. The van der Waals surface area contributed by atoms with Gasteiger partial charge in [-0.2, -0.15) is 0 Å². The van der Waals surface area contributed by atoms with Crippen LogP contribution in [0.15, 0.2) is 48.7 Å². The number of para-hydroxylation sites is 1. The maximum Gasteiger partial charge on any atom is 0.254 e. The van der Waals surface area contributed by atoms with Gasteiger partial charge in [-0.3, -0.25) is 14.6 Å². The average Bonchev–Trinajstić information content (AvgIpc) is 3.22. The van der Waals surface area contributed by atoms with E-state index in [1.807, 2.05) is 30.3 Å². The molecule has 8 heteroatoms. The van der Waals surface area contributed by atoms with Crippen LogP contribution in [0, 0.1) is 0 Å². The summed E-state index contributed by atoms with van der Waals surface area (Å²) in [6.45, 7) is 3.73. The van der Waals surface area contributed by atoms with Gasteiger partial charge in [-0.15, -0.1) is 0 Å². The van der Waals surface area contributed by atoms with Gasteiger partial charge < -0.3 is 20.5 Å². The van der Waals surface area contributed by atoms with Gasteiger partial charge in [0, 0.05) is 50.2 Å². The van der Waals surface area contributed by atoms with Crippen LogP contribution in [0.1, 0.15) is 17.3 Å². The van der Waals surface area contributed by atoms with Crippen LogP contribution in [0.5, 0.6) is 0 Å². The van der Waals surface area contributed by atoms with Gasteiger partial charge in [-0.05, 0) is 24.3 Å². The third-order valence-electron chi connectivity index (χ3n) is 5.81. The van der Waals surface area contributed by atoms with Crippen LogP contribution in [0.25, 0.3) is 33.3 Å². The van der Waals surface area contributed by atoms with Crippen molar-refractivity contribution < 1.29 is 9.59 Å². The van der Waals surface area contributed by atoms with Crippen molar-refractivity contribution in [1.82, 2.24) is 24.8 Å². The molecule has 31 heavy (non-hydrogen) atoms. The molecule has 0 radical (unpaired) electrons. The Labute approximate surface area is 178 Å². The molecule has 0 spiro atoms. The summed E-state index contributed by atoms with van der Waals surface area (Å²) in [5.41, 5.74) is 10.6.